The monoisotopic (exact) mass is 423 g/mol. The highest BCUT2D eigenvalue weighted by Gasteiger charge is 2.27. The maximum atomic E-state index is 13.3. The lowest BCUT2D eigenvalue weighted by molar-refractivity contribution is 0.411. The topological polar surface area (TPSA) is 46.6 Å². The van der Waals surface area contributed by atoms with Gasteiger partial charge in [0.25, 0.3) is 10.0 Å². The minimum Gasteiger partial charge on any atom is -0.496 e. The maximum Gasteiger partial charge on any atom is 0.264 e. The number of nitrogens with zero attached hydrogens (tertiary/aromatic N) is 1. The summed E-state index contributed by atoms with van der Waals surface area (Å²) in [6.45, 7) is 9.75. The lowest BCUT2D eigenvalue weighted by Crippen LogP contribution is -2.32. The van der Waals surface area contributed by atoms with Crippen LogP contribution in [0.4, 0.5) is 5.69 Å². The molecule has 25 heavy (non-hydrogen) atoms. The second-order valence-corrected chi connectivity index (χ2v) is 8.59. The standard InChI is InChI=1S/C19H22BrNO3S/c1-6-9-21(19-14(3)10-13(2)11-15(19)4)25(22,23)16-7-8-18(24-5)17(20)12-16/h6-8,10-12H,1,9H2,2-5H3. The highest BCUT2D eigenvalue weighted by Crippen LogP contribution is 2.33. The van der Waals surface area contributed by atoms with Crippen LogP contribution >= 0.6 is 15.9 Å². The fourth-order valence-electron chi connectivity index (χ4n) is 2.93. The molecule has 0 amide bonds. The minimum absolute atomic E-state index is 0.191. The van der Waals surface area contributed by atoms with Gasteiger partial charge in [-0.15, -0.1) is 6.58 Å². The van der Waals surface area contributed by atoms with E-state index in [2.05, 4.69) is 22.5 Å². The Morgan fingerprint density at radius 1 is 1.16 bits per heavy atom. The molecule has 0 atom stereocenters. The van der Waals surface area contributed by atoms with Crippen LogP contribution in [-0.2, 0) is 10.0 Å². The number of aryl methyl sites for hydroxylation is 3. The summed E-state index contributed by atoms with van der Waals surface area (Å²) in [6, 6.07) is 8.71. The third-order valence-corrected chi connectivity index (χ3v) is 6.27. The Balaban J connectivity index is 2.64. The molecule has 0 radical (unpaired) electrons. The Morgan fingerprint density at radius 3 is 2.24 bits per heavy atom. The summed E-state index contributed by atoms with van der Waals surface area (Å²) >= 11 is 3.35. The van der Waals surface area contributed by atoms with E-state index in [0.29, 0.717) is 15.9 Å². The van der Waals surface area contributed by atoms with Gasteiger partial charge < -0.3 is 4.74 Å². The summed E-state index contributed by atoms with van der Waals surface area (Å²) in [7, 11) is -2.21. The van der Waals surface area contributed by atoms with Crippen LogP contribution < -0.4 is 9.04 Å². The Bertz CT molecular complexity index is 884. The average Bonchev–Trinajstić information content (AvgIpc) is 2.53. The zero-order chi connectivity index (χ0) is 18.8. The Morgan fingerprint density at radius 2 is 1.76 bits per heavy atom. The van der Waals surface area contributed by atoms with Crippen LogP contribution in [0.2, 0.25) is 0 Å². The third kappa shape index (κ3) is 3.90. The Labute approximate surface area is 158 Å². The normalized spacial score (nSPS) is 11.2. The van der Waals surface area contributed by atoms with Gasteiger partial charge in [0, 0.05) is 0 Å². The molecule has 0 unspecified atom stereocenters. The van der Waals surface area contributed by atoms with Gasteiger partial charge >= 0.3 is 0 Å². The molecule has 0 aliphatic carbocycles. The summed E-state index contributed by atoms with van der Waals surface area (Å²) in [6.07, 6.45) is 1.59. The largest absolute Gasteiger partial charge is 0.496 e. The molecule has 6 heteroatoms. The van der Waals surface area contributed by atoms with Crippen LogP contribution in [0.25, 0.3) is 0 Å². The first-order valence-electron chi connectivity index (χ1n) is 7.77. The smallest absolute Gasteiger partial charge is 0.264 e. The van der Waals surface area contributed by atoms with Crippen molar-refractivity contribution in [3.05, 3.63) is 64.1 Å². The number of hydrogen-bond donors (Lipinski definition) is 0. The molecular formula is C19H22BrNO3S. The first-order chi connectivity index (χ1) is 11.7. The molecule has 0 aliphatic rings. The fraction of sp³-hybridized carbons (Fsp3) is 0.263. The molecule has 2 rings (SSSR count). The molecule has 2 aromatic rings. The predicted molar refractivity (Wildman–Crippen MR) is 106 cm³/mol. The second kappa shape index (κ2) is 7.62. The van der Waals surface area contributed by atoms with Gasteiger partial charge in [-0.2, -0.15) is 0 Å². The van der Waals surface area contributed by atoms with Crippen LogP contribution in [-0.4, -0.2) is 22.1 Å². The first-order valence-corrected chi connectivity index (χ1v) is 10.0. The highest BCUT2D eigenvalue weighted by atomic mass is 79.9. The third-order valence-electron chi connectivity index (χ3n) is 3.89. The zero-order valence-corrected chi connectivity index (χ0v) is 17.2. The van der Waals surface area contributed by atoms with E-state index in [1.807, 2.05) is 32.9 Å². The van der Waals surface area contributed by atoms with Crippen molar-refractivity contribution in [2.75, 3.05) is 18.0 Å². The minimum atomic E-state index is -3.75. The van der Waals surface area contributed by atoms with Crippen molar-refractivity contribution in [2.45, 2.75) is 25.7 Å². The molecule has 0 spiro atoms. The summed E-state index contributed by atoms with van der Waals surface area (Å²) in [5.41, 5.74) is 3.62. The van der Waals surface area contributed by atoms with Gasteiger partial charge in [0.2, 0.25) is 0 Å². The van der Waals surface area contributed by atoms with E-state index < -0.39 is 10.0 Å². The SMILES string of the molecule is C=CCN(c1c(C)cc(C)cc1C)S(=O)(=O)c1ccc(OC)c(Br)c1. The molecule has 0 fully saturated rings. The molecule has 0 aliphatic heterocycles. The fourth-order valence-corrected chi connectivity index (χ4v) is 5.21. The Hall–Kier alpha value is -1.79. The van der Waals surface area contributed by atoms with Crippen molar-refractivity contribution >= 4 is 31.6 Å². The van der Waals surface area contributed by atoms with Crippen LogP contribution in [0.15, 0.2) is 52.4 Å². The van der Waals surface area contributed by atoms with Crippen molar-refractivity contribution < 1.29 is 13.2 Å². The number of hydrogen-bond acceptors (Lipinski definition) is 3. The summed E-state index contributed by atoms with van der Waals surface area (Å²) in [5, 5.41) is 0. The molecule has 0 bridgehead atoms. The summed E-state index contributed by atoms with van der Waals surface area (Å²) in [5.74, 6) is 0.580. The molecule has 0 saturated carbocycles. The van der Waals surface area contributed by atoms with Crippen LogP contribution in [0.3, 0.4) is 0 Å². The summed E-state index contributed by atoms with van der Waals surface area (Å²) in [4.78, 5) is 0.196. The van der Waals surface area contributed by atoms with Crippen molar-refractivity contribution in [3.8, 4) is 5.75 Å². The van der Waals surface area contributed by atoms with E-state index in [0.717, 1.165) is 16.7 Å². The van der Waals surface area contributed by atoms with E-state index in [1.165, 1.54) is 11.4 Å². The zero-order valence-electron chi connectivity index (χ0n) is 14.8. The number of halogens is 1. The molecule has 0 N–H and O–H groups in total. The van der Waals surface area contributed by atoms with Crippen LogP contribution in [0.1, 0.15) is 16.7 Å². The number of methoxy groups -OCH3 is 1. The van der Waals surface area contributed by atoms with Crippen molar-refractivity contribution in [2.24, 2.45) is 0 Å². The van der Waals surface area contributed by atoms with Crippen LogP contribution in [0.5, 0.6) is 5.75 Å². The molecule has 0 aromatic heterocycles. The van der Waals surface area contributed by atoms with Gasteiger partial charge in [-0.3, -0.25) is 4.31 Å². The van der Waals surface area contributed by atoms with Gasteiger partial charge in [0.15, 0.2) is 0 Å². The molecule has 0 heterocycles. The van der Waals surface area contributed by atoms with Crippen molar-refractivity contribution in [1.82, 2.24) is 0 Å². The van der Waals surface area contributed by atoms with Crippen molar-refractivity contribution in [1.29, 1.82) is 0 Å². The highest BCUT2D eigenvalue weighted by molar-refractivity contribution is 9.10. The number of rotatable bonds is 6. The van der Waals surface area contributed by atoms with E-state index in [4.69, 9.17) is 4.74 Å². The second-order valence-electron chi connectivity index (χ2n) is 5.87. The average molecular weight is 424 g/mol. The Kier molecular flexibility index (Phi) is 5.95. The van der Waals surface area contributed by atoms with E-state index in [9.17, 15) is 8.42 Å². The van der Waals surface area contributed by atoms with Gasteiger partial charge in [-0.25, -0.2) is 8.42 Å². The van der Waals surface area contributed by atoms with Gasteiger partial charge in [0.05, 0.1) is 28.7 Å². The predicted octanol–water partition coefficient (Wildman–Crippen LogP) is 4.76. The first kappa shape index (κ1) is 19.5. The van der Waals surface area contributed by atoms with Crippen LogP contribution in [0, 0.1) is 20.8 Å². The molecule has 4 nitrogen and oxygen atoms in total. The number of anilines is 1. The molecule has 134 valence electrons. The molecule has 0 saturated heterocycles. The van der Waals surface area contributed by atoms with Gasteiger partial charge in [-0.05, 0) is 66.0 Å². The van der Waals surface area contributed by atoms with Gasteiger partial charge in [0.1, 0.15) is 5.75 Å². The number of benzene rings is 2. The molecular weight excluding hydrogens is 402 g/mol. The number of sulfonamides is 1. The quantitative estimate of drug-likeness (QED) is 0.628. The van der Waals surface area contributed by atoms with E-state index in [1.54, 1.807) is 24.3 Å². The maximum absolute atomic E-state index is 13.3. The van der Waals surface area contributed by atoms with Gasteiger partial charge in [-0.1, -0.05) is 23.8 Å². The van der Waals surface area contributed by atoms with E-state index >= 15 is 0 Å². The summed E-state index contributed by atoms with van der Waals surface area (Å²) < 4.78 is 33.7. The van der Waals surface area contributed by atoms with E-state index in [-0.39, 0.29) is 11.4 Å². The molecule has 2 aromatic carbocycles. The lowest BCUT2D eigenvalue weighted by atomic mass is 10.1. The number of ether oxygens (including phenoxy) is 1. The van der Waals surface area contributed by atoms with Crippen molar-refractivity contribution in [3.63, 3.8) is 0 Å². The lowest BCUT2D eigenvalue weighted by Gasteiger charge is -2.27.